The summed E-state index contributed by atoms with van der Waals surface area (Å²) in [6.45, 7) is 6.14. The average Bonchev–Trinajstić information content (AvgIpc) is 2.43. The van der Waals surface area contributed by atoms with Crippen LogP contribution in [-0.2, 0) is 9.53 Å². The molecule has 1 atom stereocenters. The summed E-state index contributed by atoms with van der Waals surface area (Å²) >= 11 is 0. The highest BCUT2D eigenvalue weighted by molar-refractivity contribution is 5.81. The molecule has 0 aromatic heterocycles. The molecule has 0 radical (unpaired) electrons. The van der Waals surface area contributed by atoms with E-state index >= 15 is 0 Å². The van der Waals surface area contributed by atoms with E-state index in [-0.39, 0.29) is 5.91 Å². The van der Waals surface area contributed by atoms with E-state index in [2.05, 4.69) is 0 Å². The smallest absolute Gasteiger partial charge is 0.263 e. The summed E-state index contributed by atoms with van der Waals surface area (Å²) in [5.41, 5.74) is 7.33. The second-order valence-electron chi connectivity index (χ2n) is 4.72. The maximum absolute atomic E-state index is 12.2. The van der Waals surface area contributed by atoms with Crippen LogP contribution in [0.4, 0.5) is 5.69 Å². The Kier molecular flexibility index (Phi) is 4.27. The Morgan fingerprint density at radius 3 is 2.79 bits per heavy atom. The minimum absolute atomic E-state index is 0.00914. The van der Waals surface area contributed by atoms with Gasteiger partial charge in [-0.15, -0.1) is 0 Å². The number of nitrogens with two attached hydrogens (primary N) is 1. The van der Waals surface area contributed by atoms with E-state index in [1.807, 2.05) is 19.1 Å². The summed E-state index contributed by atoms with van der Waals surface area (Å²) in [6.07, 6.45) is -0.515. The van der Waals surface area contributed by atoms with E-state index in [0.717, 1.165) is 5.56 Å². The van der Waals surface area contributed by atoms with E-state index in [4.69, 9.17) is 15.2 Å². The third kappa shape index (κ3) is 3.38. The molecular weight excluding hydrogens is 244 g/mol. The van der Waals surface area contributed by atoms with Crippen LogP contribution in [0.5, 0.6) is 5.75 Å². The maximum Gasteiger partial charge on any atom is 0.263 e. The number of anilines is 1. The number of amides is 1. The molecule has 0 aliphatic carbocycles. The minimum Gasteiger partial charge on any atom is -0.481 e. The number of carbonyl (C=O) groups excluding carboxylic acids is 1. The highest BCUT2D eigenvalue weighted by Crippen LogP contribution is 2.22. The van der Waals surface area contributed by atoms with E-state index < -0.39 is 6.10 Å². The predicted molar refractivity (Wildman–Crippen MR) is 73.1 cm³/mol. The molecule has 5 heteroatoms. The molecule has 1 saturated heterocycles. The minimum atomic E-state index is -0.515. The van der Waals surface area contributed by atoms with Crippen molar-refractivity contribution in [2.75, 3.05) is 32.0 Å². The summed E-state index contributed by atoms with van der Waals surface area (Å²) in [6, 6.07) is 5.45. The van der Waals surface area contributed by atoms with Crippen molar-refractivity contribution in [1.29, 1.82) is 0 Å². The standard InChI is InChI=1S/C14H20N2O3/c1-10-3-4-12(15)9-13(10)19-11(2)14(17)16-5-7-18-8-6-16/h3-4,9,11H,5-8,15H2,1-2H3. The lowest BCUT2D eigenvalue weighted by Crippen LogP contribution is -2.46. The van der Waals surface area contributed by atoms with Crippen LogP contribution in [0.25, 0.3) is 0 Å². The average molecular weight is 264 g/mol. The molecule has 1 aromatic carbocycles. The van der Waals surface area contributed by atoms with Crippen molar-refractivity contribution in [3.05, 3.63) is 23.8 Å². The number of nitrogen functional groups attached to an aromatic ring is 1. The number of aryl methyl sites for hydroxylation is 1. The van der Waals surface area contributed by atoms with Crippen LogP contribution in [0, 0.1) is 6.92 Å². The van der Waals surface area contributed by atoms with Gasteiger partial charge in [-0.2, -0.15) is 0 Å². The zero-order chi connectivity index (χ0) is 13.8. The van der Waals surface area contributed by atoms with Crippen molar-refractivity contribution in [2.24, 2.45) is 0 Å². The number of hydrogen-bond donors (Lipinski definition) is 1. The third-order valence-corrected chi connectivity index (χ3v) is 3.19. The van der Waals surface area contributed by atoms with Crippen LogP contribution >= 0.6 is 0 Å². The lowest BCUT2D eigenvalue weighted by Gasteiger charge is -2.29. The molecule has 1 unspecified atom stereocenters. The summed E-state index contributed by atoms with van der Waals surface area (Å²) < 4.78 is 11.0. The number of morpholine rings is 1. The van der Waals surface area contributed by atoms with Gasteiger partial charge in [0.15, 0.2) is 6.10 Å². The fraction of sp³-hybridized carbons (Fsp3) is 0.500. The van der Waals surface area contributed by atoms with E-state index in [1.165, 1.54) is 0 Å². The molecule has 1 heterocycles. The summed E-state index contributed by atoms with van der Waals surface area (Å²) in [4.78, 5) is 14.0. The van der Waals surface area contributed by atoms with E-state index in [0.29, 0.717) is 37.7 Å². The van der Waals surface area contributed by atoms with Crippen molar-refractivity contribution in [2.45, 2.75) is 20.0 Å². The number of benzene rings is 1. The lowest BCUT2D eigenvalue weighted by molar-refractivity contribution is -0.142. The second kappa shape index (κ2) is 5.93. The van der Waals surface area contributed by atoms with Gasteiger partial charge < -0.3 is 20.1 Å². The molecular formula is C14H20N2O3. The van der Waals surface area contributed by atoms with Gasteiger partial charge in [0.1, 0.15) is 5.75 Å². The van der Waals surface area contributed by atoms with Gasteiger partial charge in [-0.25, -0.2) is 0 Å². The van der Waals surface area contributed by atoms with Gasteiger partial charge >= 0.3 is 0 Å². The van der Waals surface area contributed by atoms with Crippen LogP contribution in [0.3, 0.4) is 0 Å². The van der Waals surface area contributed by atoms with Crippen LogP contribution in [0.1, 0.15) is 12.5 Å². The Hall–Kier alpha value is -1.75. The van der Waals surface area contributed by atoms with Crippen LogP contribution < -0.4 is 10.5 Å². The first-order valence-corrected chi connectivity index (χ1v) is 6.47. The molecule has 104 valence electrons. The summed E-state index contributed by atoms with van der Waals surface area (Å²) in [5.74, 6) is 0.652. The van der Waals surface area contributed by atoms with Crippen molar-refractivity contribution in [3.63, 3.8) is 0 Å². The Morgan fingerprint density at radius 2 is 2.11 bits per heavy atom. The van der Waals surface area contributed by atoms with Gasteiger partial charge in [-0.05, 0) is 25.5 Å². The monoisotopic (exact) mass is 264 g/mol. The van der Waals surface area contributed by atoms with Crippen LogP contribution in [0.15, 0.2) is 18.2 Å². The molecule has 0 saturated carbocycles. The molecule has 1 aromatic rings. The van der Waals surface area contributed by atoms with E-state index in [9.17, 15) is 4.79 Å². The van der Waals surface area contributed by atoms with Gasteiger partial charge in [0.2, 0.25) is 0 Å². The van der Waals surface area contributed by atoms with Crippen molar-refractivity contribution < 1.29 is 14.3 Å². The Labute approximate surface area is 113 Å². The Balaban J connectivity index is 2.01. The Morgan fingerprint density at radius 1 is 1.42 bits per heavy atom. The topological polar surface area (TPSA) is 64.8 Å². The molecule has 2 rings (SSSR count). The molecule has 0 spiro atoms. The van der Waals surface area contributed by atoms with Gasteiger partial charge in [0.25, 0.3) is 5.91 Å². The predicted octanol–water partition coefficient (Wildman–Crippen LogP) is 1.20. The first kappa shape index (κ1) is 13.7. The van der Waals surface area contributed by atoms with Crippen LogP contribution in [0.2, 0.25) is 0 Å². The quantitative estimate of drug-likeness (QED) is 0.833. The fourth-order valence-electron chi connectivity index (χ4n) is 2.03. The van der Waals surface area contributed by atoms with Gasteiger partial charge in [-0.3, -0.25) is 4.79 Å². The second-order valence-corrected chi connectivity index (χ2v) is 4.72. The number of rotatable bonds is 3. The van der Waals surface area contributed by atoms with Crippen molar-refractivity contribution in [3.8, 4) is 5.75 Å². The zero-order valence-corrected chi connectivity index (χ0v) is 11.4. The molecule has 19 heavy (non-hydrogen) atoms. The highest BCUT2D eigenvalue weighted by Gasteiger charge is 2.24. The lowest BCUT2D eigenvalue weighted by atomic mass is 10.2. The maximum atomic E-state index is 12.2. The number of carbonyl (C=O) groups is 1. The molecule has 1 amide bonds. The normalized spacial score (nSPS) is 17.1. The summed E-state index contributed by atoms with van der Waals surface area (Å²) in [7, 11) is 0. The highest BCUT2D eigenvalue weighted by atomic mass is 16.5. The van der Waals surface area contributed by atoms with Gasteiger partial charge in [0, 0.05) is 24.8 Å². The molecule has 2 N–H and O–H groups in total. The number of nitrogens with zero attached hydrogens (tertiary/aromatic N) is 1. The molecule has 1 aliphatic heterocycles. The van der Waals surface area contributed by atoms with Gasteiger partial charge in [-0.1, -0.05) is 6.07 Å². The summed E-state index contributed by atoms with van der Waals surface area (Å²) in [5, 5.41) is 0. The molecule has 5 nitrogen and oxygen atoms in total. The first-order valence-electron chi connectivity index (χ1n) is 6.47. The van der Waals surface area contributed by atoms with Crippen LogP contribution in [-0.4, -0.2) is 43.2 Å². The van der Waals surface area contributed by atoms with E-state index in [1.54, 1.807) is 17.9 Å². The molecule has 0 bridgehead atoms. The zero-order valence-electron chi connectivity index (χ0n) is 11.4. The number of ether oxygens (including phenoxy) is 2. The fourth-order valence-corrected chi connectivity index (χ4v) is 2.03. The largest absolute Gasteiger partial charge is 0.481 e. The SMILES string of the molecule is Cc1ccc(N)cc1OC(C)C(=O)N1CCOCC1. The molecule has 1 aliphatic rings. The Bertz CT molecular complexity index is 456. The third-order valence-electron chi connectivity index (χ3n) is 3.19. The molecule has 1 fully saturated rings. The van der Waals surface area contributed by atoms with Crippen molar-refractivity contribution in [1.82, 2.24) is 4.90 Å². The number of hydrogen-bond acceptors (Lipinski definition) is 4. The van der Waals surface area contributed by atoms with Crippen molar-refractivity contribution >= 4 is 11.6 Å². The van der Waals surface area contributed by atoms with Gasteiger partial charge in [0.05, 0.1) is 13.2 Å². The first-order chi connectivity index (χ1) is 9.08.